The highest BCUT2D eigenvalue weighted by atomic mass is 16.6. The maximum absolute atomic E-state index is 14.9. The van der Waals surface area contributed by atoms with Crippen molar-refractivity contribution < 1.29 is 57.5 Å². The molecule has 1 aromatic rings. The van der Waals surface area contributed by atoms with Crippen LogP contribution in [0.5, 0.6) is 0 Å². The van der Waals surface area contributed by atoms with Gasteiger partial charge in [-0.2, -0.15) is 0 Å². The highest BCUT2D eigenvalue weighted by Gasteiger charge is 3.00. The van der Waals surface area contributed by atoms with Gasteiger partial charge in [-0.1, -0.05) is 47.8 Å². The Kier molecular flexibility index (Phi) is 8.77. The Bertz CT molecular complexity index is 1830. The highest BCUT2D eigenvalue weighted by molar-refractivity contribution is 6.01. The molecule has 3 spiro atoms. The van der Waals surface area contributed by atoms with Crippen molar-refractivity contribution in [3.8, 4) is 0 Å². The molecule has 13 atom stereocenters. The lowest BCUT2D eigenvalue weighted by Gasteiger charge is -2.80. The maximum Gasteiger partial charge on any atom is 0.317 e. The number of hydrogen-bond donors (Lipinski definition) is 2. The zero-order chi connectivity index (χ0) is 40.5. The number of ether oxygens (including phenoxy) is 5. The Morgan fingerprint density at radius 1 is 1.02 bits per heavy atom. The van der Waals surface area contributed by atoms with Gasteiger partial charge in [-0.15, -0.1) is 0 Å². The van der Waals surface area contributed by atoms with Gasteiger partial charge in [0.05, 0.1) is 37.6 Å². The second-order valence-corrected chi connectivity index (χ2v) is 19.2. The summed E-state index contributed by atoms with van der Waals surface area (Å²) in [5.41, 5.74) is -6.04. The van der Waals surface area contributed by atoms with Crippen LogP contribution in [0.2, 0.25) is 0 Å². The number of Topliss-reactive ketones (excluding diaryl/α,β-unsaturated/α-hetero) is 1. The van der Waals surface area contributed by atoms with Crippen LogP contribution < -0.4 is 0 Å². The molecule has 302 valence electrons. The third-order valence-corrected chi connectivity index (χ3v) is 15.8. The number of allylic oxidation sites excluding steroid dienone is 1. The van der Waals surface area contributed by atoms with Gasteiger partial charge in [-0.3, -0.25) is 19.2 Å². The van der Waals surface area contributed by atoms with Crippen LogP contribution in [0.25, 0.3) is 0 Å². The number of fused-ring (bicyclic) bond motifs is 3. The summed E-state index contributed by atoms with van der Waals surface area (Å²) in [4.78, 5) is 55.9. The lowest BCUT2D eigenvalue weighted by Crippen LogP contribution is -2.88. The van der Waals surface area contributed by atoms with Gasteiger partial charge in [0.2, 0.25) is 0 Å². The van der Waals surface area contributed by atoms with E-state index in [2.05, 4.69) is 33.9 Å². The largest absolute Gasteiger partial charge is 0.513 e. The first-order valence-corrected chi connectivity index (χ1v) is 19.6. The average Bonchev–Trinajstić information content (AvgIpc) is 3.80. The van der Waals surface area contributed by atoms with E-state index in [1.54, 1.807) is 26.2 Å². The summed E-state index contributed by atoms with van der Waals surface area (Å²) in [7, 11) is 1.42. The summed E-state index contributed by atoms with van der Waals surface area (Å²) >= 11 is 0. The summed E-state index contributed by atoms with van der Waals surface area (Å²) in [5.74, 6) is -4.11. The SMILES string of the molecule is C=C(C)O.C=C(CO)OC12CC3(C)CC14CC1(C)CC5(CCC(C)(C(OC(C)=O)c6ccoc6)C6C(C(=O)C(C)C)C(=O)OC2C65O1)C4(C)C3CC(=O)OC. The van der Waals surface area contributed by atoms with E-state index < -0.39 is 92.4 Å². The molecule has 1 aromatic heterocycles. The molecular formula is C43H58O12. The van der Waals surface area contributed by atoms with Crippen LogP contribution in [0, 0.1) is 50.7 Å². The Labute approximate surface area is 323 Å². The molecule has 4 bridgehead atoms. The number of aliphatic hydroxyl groups is 2. The van der Waals surface area contributed by atoms with Crippen molar-refractivity contribution in [3.05, 3.63) is 48.8 Å². The zero-order valence-electron chi connectivity index (χ0n) is 33.7. The molecule has 12 nitrogen and oxygen atoms in total. The molecular weight excluding hydrogens is 708 g/mol. The van der Waals surface area contributed by atoms with E-state index in [-0.39, 0.29) is 35.6 Å². The summed E-state index contributed by atoms with van der Waals surface area (Å²) in [6, 6.07) is 1.76. The molecule has 0 radical (unpaired) electrons. The fourth-order valence-electron chi connectivity index (χ4n) is 15.0. The number of rotatable bonds is 10. The molecule has 0 amide bonds. The van der Waals surface area contributed by atoms with Gasteiger partial charge >= 0.3 is 17.9 Å². The number of hydrogen-bond acceptors (Lipinski definition) is 12. The van der Waals surface area contributed by atoms with E-state index in [1.807, 2.05) is 6.92 Å². The van der Waals surface area contributed by atoms with Crippen molar-refractivity contribution in [1.29, 1.82) is 0 Å². The number of carbonyl (C=O) groups is 4. The highest BCUT2D eigenvalue weighted by Crippen LogP contribution is 2.96. The smallest absolute Gasteiger partial charge is 0.317 e. The zero-order valence-corrected chi connectivity index (χ0v) is 33.7. The van der Waals surface area contributed by atoms with Crippen LogP contribution in [0.3, 0.4) is 0 Å². The summed E-state index contributed by atoms with van der Waals surface area (Å²) < 4.78 is 38.7. The predicted octanol–water partition coefficient (Wildman–Crippen LogP) is 6.71. The quantitative estimate of drug-likeness (QED) is 0.112. The van der Waals surface area contributed by atoms with E-state index in [1.165, 1.54) is 27.2 Å². The molecule has 12 heteroatoms. The molecule has 7 fully saturated rings. The minimum atomic E-state index is -1.31. The van der Waals surface area contributed by atoms with Crippen LogP contribution >= 0.6 is 0 Å². The lowest BCUT2D eigenvalue weighted by molar-refractivity contribution is -0.394. The molecule has 2 N–H and O–H groups in total. The fourth-order valence-corrected chi connectivity index (χ4v) is 15.0. The Morgan fingerprint density at radius 2 is 1.67 bits per heavy atom. The van der Waals surface area contributed by atoms with Crippen LogP contribution in [-0.2, 0) is 42.9 Å². The Morgan fingerprint density at radius 3 is 2.24 bits per heavy atom. The van der Waals surface area contributed by atoms with Crippen LogP contribution in [0.15, 0.2) is 47.7 Å². The van der Waals surface area contributed by atoms with Crippen molar-refractivity contribution in [2.45, 2.75) is 129 Å². The number of carbonyl (C=O) groups excluding carboxylic acids is 4. The van der Waals surface area contributed by atoms with Gasteiger partial charge in [-0.25, -0.2) is 0 Å². The molecule has 5 saturated carbocycles. The normalized spacial score (nSPS) is 45.5. The standard InChI is InChI=1S/C40H52O11.C3H6O/c1-21(2)28(44)27-29-35(7,30(48-23(4)42)24-10-13-47-16-24)11-12-37-19-34(6)20-38-17-33(5,25(36(37,38)8)14-26(43)46-9)18-39(38,50-22(3)15-41)32(49-31(27)45)40(29,37)51-34;1-3(2)4/h10,13,16,21,25,27,29-30,32,41H,3,11-12,14-15,17-20H2,1-2,4-9H3;4H,1H2,2H3. The van der Waals surface area contributed by atoms with Crippen molar-refractivity contribution >= 4 is 23.7 Å². The van der Waals surface area contributed by atoms with E-state index in [4.69, 9.17) is 33.2 Å². The van der Waals surface area contributed by atoms with Crippen LogP contribution in [-0.4, -0.2) is 70.5 Å². The van der Waals surface area contributed by atoms with Crippen LogP contribution in [0.1, 0.15) is 112 Å². The van der Waals surface area contributed by atoms with Gasteiger partial charge in [0.15, 0.2) is 11.7 Å². The fraction of sp³-hybridized carbons (Fsp3) is 0.721. The minimum absolute atomic E-state index is 0.152. The number of aliphatic hydroxyl groups excluding tert-OH is 2. The first-order valence-electron chi connectivity index (χ1n) is 19.6. The molecule has 2 aliphatic heterocycles. The lowest BCUT2D eigenvalue weighted by atomic mass is 9.25. The summed E-state index contributed by atoms with van der Waals surface area (Å²) in [6.45, 7) is 21.9. The monoisotopic (exact) mass is 766 g/mol. The second kappa shape index (κ2) is 12.2. The van der Waals surface area contributed by atoms with Gasteiger partial charge in [-0.05, 0) is 75.2 Å². The van der Waals surface area contributed by atoms with Gasteiger partial charge in [0.1, 0.15) is 29.2 Å². The maximum atomic E-state index is 14.9. The van der Waals surface area contributed by atoms with Gasteiger partial charge in [0, 0.05) is 47.0 Å². The summed E-state index contributed by atoms with van der Waals surface area (Å²) in [5, 5.41) is 18.3. The Hall–Kier alpha value is -3.64. The van der Waals surface area contributed by atoms with Crippen molar-refractivity contribution in [2.75, 3.05) is 13.7 Å². The van der Waals surface area contributed by atoms with Crippen LogP contribution in [0.4, 0.5) is 0 Å². The summed E-state index contributed by atoms with van der Waals surface area (Å²) in [6.07, 6.45) is 4.83. The van der Waals surface area contributed by atoms with E-state index in [9.17, 15) is 24.3 Å². The molecule has 0 aromatic carbocycles. The van der Waals surface area contributed by atoms with E-state index in [0.29, 0.717) is 44.1 Å². The molecule has 13 unspecified atom stereocenters. The molecule has 2 saturated heterocycles. The number of esters is 3. The third-order valence-electron chi connectivity index (χ3n) is 15.8. The van der Waals surface area contributed by atoms with Crippen molar-refractivity contribution in [3.63, 3.8) is 0 Å². The van der Waals surface area contributed by atoms with Crippen molar-refractivity contribution in [2.24, 2.45) is 50.7 Å². The first-order chi connectivity index (χ1) is 25.5. The number of furan rings is 1. The van der Waals surface area contributed by atoms with E-state index >= 15 is 0 Å². The molecule has 8 rings (SSSR count). The Balaban J connectivity index is 0.00000111. The third kappa shape index (κ3) is 4.64. The molecule has 3 heterocycles. The topological polar surface area (TPSA) is 168 Å². The molecule has 55 heavy (non-hydrogen) atoms. The molecule has 5 aliphatic carbocycles. The van der Waals surface area contributed by atoms with E-state index in [0.717, 1.165) is 0 Å². The number of ketones is 1. The minimum Gasteiger partial charge on any atom is -0.513 e. The number of methoxy groups -OCH3 is 1. The first kappa shape index (κ1) is 39.6. The second-order valence-electron chi connectivity index (χ2n) is 19.2. The molecule has 7 aliphatic rings. The predicted molar refractivity (Wildman–Crippen MR) is 197 cm³/mol. The van der Waals surface area contributed by atoms with Crippen molar-refractivity contribution in [1.82, 2.24) is 0 Å². The van der Waals surface area contributed by atoms with Gasteiger partial charge in [0.25, 0.3) is 0 Å². The average molecular weight is 767 g/mol. The van der Waals surface area contributed by atoms with Gasteiger partial charge < -0.3 is 38.3 Å².